The summed E-state index contributed by atoms with van der Waals surface area (Å²) in [5, 5.41) is 14.1. The first-order valence-corrected chi connectivity index (χ1v) is 6.57. The smallest absolute Gasteiger partial charge is 0.328 e. The minimum absolute atomic E-state index is 0.0647. The molecule has 2 amide bonds. The number of benzene rings is 1. The zero-order valence-electron chi connectivity index (χ0n) is 11.8. The summed E-state index contributed by atoms with van der Waals surface area (Å²) in [7, 11) is 0. The van der Waals surface area contributed by atoms with Gasteiger partial charge in [-0.2, -0.15) is 0 Å². The molecule has 0 radical (unpaired) electrons. The Labute approximate surface area is 124 Å². The minimum Gasteiger partial charge on any atom is -0.478 e. The van der Waals surface area contributed by atoms with Gasteiger partial charge in [-0.05, 0) is 30.2 Å². The van der Waals surface area contributed by atoms with Crippen LogP contribution >= 0.6 is 0 Å². The molecular formula is C16H18N2O3. The van der Waals surface area contributed by atoms with E-state index in [2.05, 4.69) is 16.6 Å². The first kappa shape index (κ1) is 16.3. The molecule has 5 heteroatoms. The molecule has 0 heterocycles. The van der Waals surface area contributed by atoms with Crippen LogP contribution in [0.15, 0.2) is 30.3 Å². The highest BCUT2D eigenvalue weighted by Gasteiger charge is 2.09. The number of amides is 2. The third-order valence-corrected chi connectivity index (χ3v) is 2.76. The number of hydrogen-bond donors (Lipinski definition) is 3. The molecule has 0 aliphatic rings. The van der Waals surface area contributed by atoms with Crippen LogP contribution in [0.1, 0.15) is 25.3 Å². The molecule has 5 nitrogen and oxygen atoms in total. The molecule has 1 aromatic rings. The topological polar surface area (TPSA) is 78.4 Å². The van der Waals surface area contributed by atoms with Crippen LogP contribution in [-0.2, 0) is 4.79 Å². The summed E-state index contributed by atoms with van der Waals surface area (Å²) in [5.74, 6) is 1.50. The number of carbonyl (C=O) groups is 2. The molecule has 1 unspecified atom stereocenters. The molecule has 21 heavy (non-hydrogen) atoms. The quantitative estimate of drug-likeness (QED) is 0.555. The SMILES string of the molecule is C#CCC(CC)NC(=O)Nc1cccc(/C=C/C(=O)O)c1. The number of carbonyl (C=O) groups excluding carboxylic acids is 1. The average Bonchev–Trinajstić information content (AvgIpc) is 2.45. The summed E-state index contributed by atoms with van der Waals surface area (Å²) >= 11 is 0. The lowest BCUT2D eigenvalue weighted by Gasteiger charge is -2.15. The third kappa shape index (κ3) is 6.30. The Balaban J connectivity index is 2.66. The Hall–Kier alpha value is -2.74. The number of urea groups is 1. The summed E-state index contributed by atoms with van der Waals surface area (Å²) in [6.45, 7) is 1.94. The van der Waals surface area contributed by atoms with Crippen molar-refractivity contribution < 1.29 is 14.7 Å². The Morgan fingerprint density at radius 3 is 2.86 bits per heavy atom. The maximum atomic E-state index is 11.8. The van der Waals surface area contributed by atoms with Crippen molar-refractivity contribution in [2.75, 3.05) is 5.32 Å². The van der Waals surface area contributed by atoms with Crippen LogP contribution in [0, 0.1) is 12.3 Å². The summed E-state index contributed by atoms with van der Waals surface area (Å²) in [6.07, 6.45) is 8.96. The van der Waals surface area contributed by atoms with Gasteiger partial charge in [-0.15, -0.1) is 12.3 Å². The zero-order chi connectivity index (χ0) is 15.7. The zero-order valence-corrected chi connectivity index (χ0v) is 11.8. The molecule has 1 rings (SSSR count). The largest absolute Gasteiger partial charge is 0.478 e. The summed E-state index contributed by atoms with van der Waals surface area (Å²) in [4.78, 5) is 22.3. The van der Waals surface area contributed by atoms with Crippen molar-refractivity contribution in [3.8, 4) is 12.3 Å². The van der Waals surface area contributed by atoms with Gasteiger partial charge in [0.2, 0.25) is 0 Å². The molecule has 110 valence electrons. The predicted octanol–water partition coefficient (Wildman–Crippen LogP) is 2.71. The third-order valence-electron chi connectivity index (χ3n) is 2.76. The molecule has 0 aromatic heterocycles. The summed E-state index contributed by atoms with van der Waals surface area (Å²) in [6, 6.07) is 6.48. The van der Waals surface area contributed by atoms with Crippen molar-refractivity contribution in [2.24, 2.45) is 0 Å². The van der Waals surface area contributed by atoms with Gasteiger partial charge in [-0.1, -0.05) is 19.1 Å². The van der Waals surface area contributed by atoms with Crippen LogP contribution in [-0.4, -0.2) is 23.1 Å². The molecule has 0 saturated heterocycles. The molecule has 0 saturated carbocycles. The van der Waals surface area contributed by atoms with Gasteiger partial charge in [0.15, 0.2) is 0 Å². The number of terminal acetylenes is 1. The Kier molecular flexibility index (Phi) is 6.55. The second-order valence-corrected chi connectivity index (χ2v) is 4.41. The second kappa shape index (κ2) is 8.43. The lowest BCUT2D eigenvalue weighted by atomic mass is 10.1. The van der Waals surface area contributed by atoms with E-state index >= 15 is 0 Å². The minimum atomic E-state index is -1.02. The van der Waals surface area contributed by atoms with E-state index in [9.17, 15) is 9.59 Å². The van der Waals surface area contributed by atoms with E-state index in [0.29, 0.717) is 17.7 Å². The predicted molar refractivity (Wildman–Crippen MR) is 82.8 cm³/mol. The maximum absolute atomic E-state index is 11.8. The average molecular weight is 286 g/mol. The fourth-order valence-electron chi connectivity index (χ4n) is 1.68. The van der Waals surface area contributed by atoms with Crippen LogP contribution in [0.5, 0.6) is 0 Å². The molecular weight excluding hydrogens is 268 g/mol. The molecule has 0 spiro atoms. The second-order valence-electron chi connectivity index (χ2n) is 4.41. The first-order chi connectivity index (χ1) is 10.0. The van der Waals surface area contributed by atoms with Gasteiger partial charge in [0, 0.05) is 24.2 Å². The van der Waals surface area contributed by atoms with E-state index in [1.807, 2.05) is 6.92 Å². The van der Waals surface area contributed by atoms with E-state index in [-0.39, 0.29) is 12.1 Å². The van der Waals surface area contributed by atoms with E-state index in [0.717, 1.165) is 12.5 Å². The monoisotopic (exact) mass is 286 g/mol. The number of carboxylic acid groups (broad SMARTS) is 1. The van der Waals surface area contributed by atoms with Crippen LogP contribution in [0.4, 0.5) is 10.5 Å². The van der Waals surface area contributed by atoms with E-state index in [4.69, 9.17) is 11.5 Å². The molecule has 3 N–H and O–H groups in total. The van der Waals surface area contributed by atoms with Gasteiger partial charge in [-0.3, -0.25) is 0 Å². The van der Waals surface area contributed by atoms with Crippen molar-refractivity contribution in [3.63, 3.8) is 0 Å². The molecule has 1 aromatic carbocycles. The van der Waals surface area contributed by atoms with Crippen LogP contribution in [0.25, 0.3) is 6.08 Å². The standard InChI is InChI=1S/C16H18N2O3/c1-3-6-13(4-2)17-16(21)18-14-8-5-7-12(11-14)9-10-15(19)20/h1,5,7-11,13H,4,6H2,2H3,(H,19,20)(H2,17,18,21)/b10-9+. The van der Waals surface area contributed by atoms with Crippen LogP contribution < -0.4 is 10.6 Å². The fourth-order valence-corrected chi connectivity index (χ4v) is 1.68. The number of aliphatic carboxylic acids is 1. The number of nitrogens with one attached hydrogen (secondary N) is 2. The highest BCUT2D eigenvalue weighted by molar-refractivity contribution is 5.90. The van der Waals surface area contributed by atoms with Crippen molar-refractivity contribution in [1.29, 1.82) is 0 Å². The van der Waals surface area contributed by atoms with Crippen LogP contribution in [0.3, 0.4) is 0 Å². The number of anilines is 1. The van der Waals surface area contributed by atoms with Gasteiger partial charge in [0.05, 0.1) is 0 Å². The lowest BCUT2D eigenvalue weighted by molar-refractivity contribution is -0.131. The molecule has 1 atom stereocenters. The van der Waals surface area contributed by atoms with Gasteiger partial charge in [-0.25, -0.2) is 9.59 Å². The molecule has 0 bridgehead atoms. The number of hydrogen-bond acceptors (Lipinski definition) is 2. The van der Waals surface area contributed by atoms with Crippen molar-refractivity contribution in [3.05, 3.63) is 35.9 Å². The lowest BCUT2D eigenvalue weighted by Crippen LogP contribution is -2.37. The molecule has 0 aliphatic heterocycles. The molecule has 0 aliphatic carbocycles. The Morgan fingerprint density at radius 2 is 2.24 bits per heavy atom. The van der Waals surface area contributed by atoms with Gasteiger partial charge in [0.1, 0.15) is 0 Å². The van der Waals surface area contributed by atoms with Crippen molar-refractivity contribution in [1.82, 2.24) is 5.32 Å². The van der Waals surface area contributed by atoms with Gasteiger partial charge >= 0.3 is 12.0 Å². The Morgan fingerprint density at radius 1 is 1.48 bits per heavy atom. The van der Waals surface area contributed by atoms with E-state index in [1.165, 1.54) is 6.08 Å². The summed E-state index contributed by atoms with van der Waals surface area (Å²) < 4.78 is 0. The Bertz CT molecular complexity index is 573. The van der Waals surface area contributed by atoms with Crippen molar-refractivity contribution >= 4 is 23.8 Å². The van der Waals surface area contributed by atoms with Gasteiger partial charge < -0.3 is 15.7 Å². The number of rotatable bonds is 6. The fraction of sp³-hybridized carbons (Fsp3) is 0.250. The van der Waals surface area contributed by atoms with E-state index in [1.54, 1.807) is 24.3 Å². The van der Waals surface area contributed by atoms with E-state index < -0.39 is 5.97 Å². The highest BCUT2D eigenvalue weighted by atomic mass is 16.4. The first-order valence-electron chi connectivity index (χ1n) is 6.57. The van der Waals surface area contributed by atoms with Crippen LogP contribution in [0.2, 0.25) is 0 Å². The maximum Gasteiger partial charge on any atom is 0.328 e. The molecule has 0 fully saturated rings. The summed E-state index contributed by atoms with van der Waals surface area (Å²) in [5.41, 5.74) is 1.27. The van der Waals surface area contributed by atoms with Crippen molar-refractivity contribution in [2.45, 2.75) is 25.8 Å². The van der Waals surface area contributed by atoms with Gasteiger partial charge in [0.25, 0.3) is 0 Å². The highest BCUT2D eigenvalue weighted by Crippen LogP contribution is 2.12. The number of carboxylic acids is 1. The normalized spacial score (nSPS) is 11.6.